The van der Waals surface area contributed by atoms with Gasteiger partial charge in [-0.05, 0) is 24.3 Å². The van der Waals surface area contributed by atoms with Crippen molar-refractivity contribution in [3.63, 3.8) is 0 Å². The number of amides is 1. The summed E-state index contributed by atoms with van der Waals surface area (Å²) in [5.41, 5.74) is 1.06. The molecule has 1 N–H and O–H groups in total. The van der Waals surface area contributed by atoms with Gasteiger partial charge in [-0.1, -0.05) is 23.7 Å². The van der Waals surface area contributed by atoms with E-state index in [1.165, 1.54) is 18.0 Å². The van der Waals surface area contributed by atoms with Crippen molar-refractivity contribution in [2.75, 3.05) is 12.4 Å². The van der Waals surface area contributed by atoms with E-state index < -0.39 is 5.63 Å². The first-order valence-electron chi connectivity index (χ1n) is 8.07. The highest BCUT2D eigenvalue weighted by molar-refractivity contribution is 6.32. The standard InChI is InChI=1S/C19H14ClN3O4/c1-26-16-8-11(6-7-14(16)20)22-17(24)10-23-18-12-4-2-3-5-15(12)27-19(25)13(18)9-21-23/h2-9H,10H2,1H3,(H,22,24). The van der Waals surface area contributed by atoms with Gasteiger partial charge in [0.25, 0.3) is 0 Å². The van der Waals surface area contributed by atoms with E-state index in [1.807, 2.05) is 12.1 Å². The first-order chi connectivity index (χ1) is 13.1. The van der Waals surface area contributed by atoms with Crippen LogP contribution in [-0.2, 0) is 11.3 Å². The summed E-state index contributed by atoms with van der Waals surface area (Å²) >= 11 is 5.99. The van der Waals surface area contributed by atoms with Gasteiger partial charge < -0.3 is 14.5 Å². The Morgan fingerprint density at radius 2 is 2.07 bits per heavy atom. The van der Waals surface area contributed by atoms with E-state index in [1.54, 1.807) is 30.3 Å². The van der Waals surface area contributed by atoms with Gasteiger partial charge in [0.1, 0.15) is 23.3 Å². The Labute approximate surface area is 158 Å². The second-order valence-electron chi connectivity index (χ2n) is 5.85. The number of nitrogens with one attached hydrogen (secondary N) is 1. The lowest BCUT2D eigenvalue weighted by atomic mass is 10.2. The first kappa shape index (κ1) is 17.1. The average Bonchev–Trinajstić information content (AvgIpc) is 3.08. The van der Waals surface area contributed by atoms with Crippen LogP contribution in [0.3, 0.4) is 0 Å². The zero-order valence-corrected chi connectivity index (χ0v) is 15.0. The molecule has 0 bridgehead atoms. The fraction of sp³-hybridized carbons (Fsp3) is 0.105. The third-order valence-electron chi connectivity index (χ3n) is 4.13. The molecule has 0 spiro atoms. The lowest BCUT2D eigenvalue weighted by Gasteiger charge is -2.09. The molecular formula is C19H14ClN3O4. The van der Waals surface area contributed by atoms with Crippen molar-refractivity contribution in [3.05, 3.63) is 64.1 Å². The van der Waals surface area contributed by atoms with Crippen LogP contribution in [0.1, 0.15) is 0 Å². The zero-order chi connectivity index (χ0) is 19.0. The molecule has 0 aliphatic rings. The monoisotopic (exact) mass is 383 g/mol. The predicted molar refractivity (Wildman–Crippen MR) is 102 cm³/mol. The molecule has 0 saturated heterocycles. The van der Waals surface area contributed by atoms with E-state index in [0.29, 0.717) is 38.3 Å². The number of halogens is 1. The van der Waals surface area contributed by atoms with Crippen LogP contribution in [0.5, 0.6) is 5.75 Å². The molecule has 0 atom stereocenters. The summed E-state index contributed by atoms with van der Waals surface area (Å²) in [6.07, 6.45) is 1.41. The van der Waals surface area contributed by atoms with Crippen LogP contribution in [0.2, 0.25) is 5.02 Å². The van der Waals surface area contributed by atoms with Gasteiger partial charge in [0.05, 0.1) is 23.8 Å². The first-order valence-corrected chi connectivity index (χ1v) is 8.45. The van der Waals surface area contributed by atoms with Crippen molar-refractivity contribution in [2.45, 2.75) is 6.54 Å². The minimum atomic E-state index is -0.488. The lowest BCUT2D eigenvalue weighted by molar-refractivity contribution is -0.116. The molecule has 4 aromatic rings. The second kappa shape index (κ2) is 6.77. The number of methoxy groups -OCH3 is 1. The van der Waals surface area contributed by atoms with Crippen LogP contribution in [0.15, 0.2) is 57.9 Å². The minimum Gasteiger partial charge on any atom is -0.495 e. The summed E-state index contributed by atoms with van der Waals surface area (Å²) in [6, 6.07) is 12.1. The highest BCUT2D eigenvalue weighted by Crippen LogP contribution is 2.27. The van der Waals surface area contributed by atoms with Gasteiger partial charge in [-0.3, -0.25) is 9.48 Å². The van der Waals surface area contributed by atoms with E-state index in [0.717, 1.165) is 0 Å². The maximum absolute atomic E-state index is 12.5. The summed E-state index contributed by atoms with van der Waals surface area (Å²) in [6.45, 7) is -0.0676. The predicted octanol–water partition coefficient (Wildman–Crippen LogP) is 3.44. The quantitative estimate of drug-likeness (QED) is 0.545. The smallest absolute Gasteiger partial charge is 0.347 e. The summed E-state index contributed by atoms with van der Waals surface area (Å²) in [5.74, 6) is 0.157. The molecular weight excluding hydrogens is 370 g/mol. The largest absolute Gasteiger partial charge is 0.495 e. The number of rotatable bonds is 4. The number of benzene rings is 2. The average molecular weight is 384 g/mol. The van der Waals surface area contributed by atoms with Crippen molar-refractivity contribution < 1.29 is 13.9 Å². The molecule has 2 aromatic carbocycles. The third-order valence-corrected chi connectivity index (χ3v) is 4.44. The second-order valence-corrected chi connectivity index (χ2v) is 6.25. The fourth-order valence-electron chi connectivity index (χ4n) is 2.92. The van der Waals surface area contributed by atoms with Crippen molar-refractivity contribution in [1.82, 2.24) is 9.78 Å². The van der Waals surface area contributed by atoms with Crippen LogP contribution < -0.4 is 15.7 Å². The van der Waals surface area contributed by atoms with Crippen molar-refractivity contribution >= 4 is 45.1 Å². The Kier molecular flexibility index (Phi) is 4.29. The van der Waals surface area contributed by atoms with Crippen molar-refractivity contribution in [1.29, 1.82) is 0 Å². The summed E-state index contributed by atoms with van der Waals surface area (Å²) in [7, 11) is 1.50. The molecule has 136 valence electrons. The number of hydrogen-bond donors (Lipinski definition) is 1. The molecule has 0 aliphatic carbocycles. The Hall–Kier alpha value is -3.32. The number of para-hydroxylation sites is 1. The Balaban J connectivity index is 1.67. The van der Waals surface area contributed by atoms with Crippen LogP contribution in [0.4, 0.5) is 5.69 Å². The molecule has 1 amide bonds. The van der Waals surface area contributed by atoms with E-state index >= 15 is 0 Å². The minimum absolute atomic E-state index is 0.0676. The Morgan fingerprint density at radius 3 is 2.89 bits per heavy atom. The molecule has 0 fully saturated rings. The molecule has 8 heteroatoms. The topological polar surface area (TPSA) is 86.4 Å². The fourth-order valence-corrected chi connectivity index (χ4v) is 3.11. The lowest BCUT2D eigenvalue weighted by Crippen LogP contribution is -2.19. The number of ether oxygens (including phenoxy) is 1. The van der Waals surface area contributed by atoms with Gasteiger partial charge >= 0.3 is 5.63 Å². The summed E-state index contributed by atoms with van der Waals surface area (Å²) < 4.78 is 11.9. The van der Waals surface area contributed by atoms with Gasteiger partial charge in [-0.15, -0.1) is 0 Å². The van der Waals surface area contributed by atoms with Crippen molar-refractivity contribution in [3.8, 4) is 5.75 Å². The Bertz CT molecular complexity index is 1230. The van der Waals surface area contributed by atoms with Crippen LogP contribution in [-0.4, -0.2) is 22.8 Å². The van der Waals surface area contributed by atoms with E-state index in [-0.39, 0.29) is 12.5 Å². The summed E-state index contributed by atoms with van der Waals surface area (Å²) in [4.78, 5) is 24.6. The molecule has 0 radical (unpaired) electrons. The van der Waals surface area contributed by atoms with Gasteiger partial charge in [-0.2, -0.15) is 5.10 Å². The molecule has 4 rings (SSSR count). The van der Waals surface area contributed by atoms with Gasteiger partial charge in [-0.25, -0.2) is 4.79 Å². The number of hydrogen-bond acceptors (Lipinski definition) is 5. The Morgan fingerprint density at radius 1 is 1.26 bits per heavy atom. The highest BCUT2D eigenvalue weighted by atomic mass is 35.5. The van der Waals surface area contributed by atoms with Crippen LogP contribution in [0.25, 0.3) is 21.9 Å². The number of carbonyl (C=O) groups is 1. The highest BCUT2D eigenvalue weighted by Gasteiger charge is 2.15. The van der Waals surface area contributed by atoms with Gasteiger partial charge in [0.15, 0.2) is 0 Å². The van der Waals surface area contributed by atoms with Crippen LogP contribution >= 0.6 is 11.6 Å². The molecule has 2 heterocycles. The number of anilines is 1. The zero-order valence-electron chi connectivity index (χ0n) is 14.2. The molecule has 7 nitrogen and oxygen atoms in total. The SMILES string of the molecule is COc1cc(NC(=O)Cn2ncc3c(=O)oc4ccccc4c32)ccc1Cl. The van der Waals surface area contributed by atoms with E-state index in [2.05, 4.69) is 10.4 Å². The summed E-state index contributed by atoms with van der Waals surface area (Å²) in [5, 5.41) is 8.45. The number of nitrogens with zero attached hydrogens (tertiary/aromatic N) is 2. The maximum atomic E-state index is 12.5. The number of carbonyl (C=O) groups excluding carboxylic acids is 1. The van der Waals surface area contributed by atoms with Gasteiger partial charge in [0, 0.05) is 17.1 Å². The maximum Gasteiger partial charge on any atom is 0.347 e. The third kappa shape index (κ3) is 3.13. The van der Waals surface area contributed by atoms with Crippen molar-refractivity contribution in [2.24, 2.45) is 0 Å². The molecule has 0 saturated carbocycles. The molecule has 0 unspecified atom stereocenters. The number of aromatic nitrogens is 2. The van der Waals surface area contributed by atoms with Gasteiger partial charge in [0.2, 0.25) is 5.91 Å². The normalized spacial score (nSPS) is 11.0. The number of fused-ring (bicyclic) bond motifs is 3. The van der Waals surface area contributed by atoms with E-state index in [4.69, 9.17) is 20.8 Å². The van der Waals surface area contributed by atoms with Crippen LogP contribution in [0, 0.1) is 0 Å². The van der Waals surface area contributed by atoms with E-state index in [9.17, 15) is 9.59 Å². The molecule has 2 aromatic heterocycles. The molecule has 0 aliphatic heterocycles. The molecule has 27 heavy (non-hydrogen) atoms.